The van der Waals surface area contributed by atoms with E-state index in [2.05, 4.69) is 10.6 Å². The molecule has 22 heavy (non-hydrogen) atoms. The minimum absolute atomic E-state index is 0.0995. The molecule has 0 aliphatic carbocycles. The van der Waals surface area contributed by atoms with Gasteiger partial charge in [0.25, 0.3) is 11.8 Å². The molecule has 2 amide bonds. The predicted octanol–water partition coefficient (Wildman–Crippen LogP) is 1.70. The van der Waals surface area contributed by atoms with Gasteiger partial charge in [-0.1, -0.05) is 6.92 Å². The number of ether oxygens (including phenoxy) is 1. The quantitative estimate of drug-likeness (QED) is 0.697. The van der Waals surface area contributed by atoms with Gasteiger partial charge in [-0.15, -0.1) is 0 Å². The number of nitrogen functional groups attached to an aromatic ring is 1. The number of nitrogens with one attached hydrogen (secondary N) is 2. The Morgan fingerprint density at radius 2 is 1.95 bits per heavy atom. The predicted molar refractivity (Wildman–Crippen MR) is 86.9 cm³/mol. The summed E-state index contributed by atoms with van der Waals surface area (Å²) in [5.74, 6) is -0.0128. The van der Waals surface area contributed by atoms with Gasteiger partial charge < -0.3 is 21.1 Å². The molecule has 0 atom stereocenters. The van der Waals surface area contributed by atoms with Crippen molar-refractivity contribution in [1.29, 1.82) is 0 Å². The summed E-state index contributed by atoms with van der Waals surface area (Å²) in [5, 5.41) is 5.56. The Balaban J connectivity index is 2.66. The van der Waals surface area contributed by atoms with Crippen LogP contribution in [-0.2, 0) is 4.79 Å². The molecular weight excluding hydrogens is 282 g/mol. The third kappa shape index (κ3) is 6.03. The summed E-state index contributed by atoms with van der Waals surface area (Å²) >= 11 is 0. The highest BCUT2D eigenvalue weighted by atomic mass is 16.5. The molecule has 122 valence electrons. The third-order valence-corrected chi connectivity index (χ3v) is 2.69. The van der Waals surface area contributed by atoms with E-state index in [1.807, 2.05) is 27.7 Å². The molecule has 0 heterocycles. The zero-order valence-corrected chi connectivity index (χ0v) is 13.7. The van der Waals surface area contributed by atoms with Crippen molar-refractivity contribution >= 4 is 17.5 Å². The van der Waals surface area contributed by atoms with Gasteiger partial charge in [0, 0.05) is 17.6 Å². The highest BCUT2D eigenvalue weighted by molar-refractivity contribution is 5.95. The number of carbonyl (C=O) groups is 2. The highest BCUT2D eigenvalue weighted by Crippen LogP contribution is 2.22. The summed E-state index contributed by atoms with van der Waals surface area (Å²) in [6.45, 7) is 8.20. The van der Waals surface area contributed by atoms with Crippen molar-refractivity contribution in [3.8, 4) is 5.75 Å². The maximum Gasteiger partial charge on any atom is 0.257 e. The van der Waals surface area contributed by atoms with E-state index in [0.717, 1.165) is 6.42 Å². The molecule has 0 fully saturated rings. The van der Waals surface area contributed by atoms with E-state index in [-0.39, 0.29) is 24.0 Å². The molecule has 0 radical (unpaired) electrons. The molecule has 0 spiro atoms. The first kappa shape index (κ1) is 17.8. The molecule has 0 bridgehead atoms. The van der Waals surface area contributed by atoms with Crippen LogP contribution < -0.4 is 21.1 Å². The molecule has 0 saturated heterocycles. The Morgan fingerprint density at radius 3 is 2.50 bits per heavy atom. The van der Waals surface area contributed by atoms with E-state index in [9.17, 15) is 9.59 Å². The minimum Gasteiger partial charge on any atom is -0.482 e. The fourth-order valence-electron chi connectivity index (χ4n) is 1.69. The van der Waals surface area contributed by atoms with E-state index in [1.54, 1.807) is 18.2 Å². The van der Waals surface area contributed by atoms with Crippen LogP contribution >= 0.6 is 0 Å². The Kier molecular flexibility index (Phi) is 6.22. The molecule has 0 saturated carbocycles. The van der Waals surface area contributed by atoms with E-state index < -0.39 is 0 Å². The van der Waals surface area contributed by atoms with Crippen molar-refractivity contribution < 1.29 is 14.3 Å². The van der Waals surface area contributed by atoms with Crippen molar-refractivity contribution in [3.63, 3.8) is 0 Å². The molecule has 0 unspecified atom stereocenters. The molecular formula is C16H25N3O3. The van der Waals surface area contributed by atoms with Gasteiger partial charge in [0.2, 0.25) is 0 Å². The van der Waals surface area contributed by atoms with E-state index in [0.29, 0.717) is 23.5 Å². The first-order valence-corrected chi connectivity index (χ1v) is 7.34. The lowest BCUT2D eigenvalue weighted by Gasteiger charge is -2.20. The monoisotopic (exact) mass is 307 g/mol. The molecule has 4 N–H and O–H groups in total. The van der Waals surface area contributed by atoms with Crippen LogP contribution in [0.25, 0.3) is 0 Å². The van der Waals surface area contributed by atoms with Crippen LogP contribution in [0, 0.1) is 0 Å². The average Bonchev–Trinajstić information content (AvgIpc) is 2.41. The number of rotatable bonds is 6. The zero-order valence-electron chi connectivity index (χ0n) is 13.7. The molecule has 0 aromatic heterocycles. The fourth-order valence-corrected chi connectivity index (χ4v) is 1.69. The van der Waals surface area contributed by atoms with Crippen LogP contribution in [0.4, 0.5) is 5.69 Å². The fraction of sp³-hybridized carbons (Fsp3) is 0.500. The summed E-state index contributed by atoms with van der Waals surface area (Å²) in [4.78, 5) is 23.5. The van der Waals surface area contributed by atoms with Gasteiger partial charge in [-0.3, -0.25) is 9.59 Å². The topological polar surface area (TPSA) is 93.4 Å². The van der Waals surface area contributed by atoms with Crippen molar-refractivity contribution in [2.75, 3.05) is 18.9 Å². The lowest BCUT2D eigenvalue weighted by atomic mass is 10.1. The van der Waals surface area contributed by atoms with E-state index in [1.165, 1.54) is 0 Å². The van der Waals surface area contributed by atoms with Gasteiger partial charge in [-0.2, -0.15) is 0 Å². The summed E-state index contributed by atoms with van der Waals surface area (Å²) in [5.41, 5.74) is 6.33. The maximum atomic E-state index is 12.0. The molecule has 1 rings (SSSR count). The maximum absolute atomic E-state index is 12.0. The largest absolute Gasteiger partial charge is 0.482 e. The molecule has 0 aliphatic heterocycles. The highest BCUT2D eigenvalue weighted by Gasteiger charge is 2.16. The standard InChI is InChI=1S/C16H25N3O3/c1-5-8-18-14(20)10-22-13-7-6-11(9-12(13)17)15(21)19-16(2,3)4/h6-7,9H,5,8,10,17H2,1-4H3,(H,18,20)(H,19,21). The number of benzene rings is 1. The van der Waals surface area contributed by atoms with Crippen molar-refractivity contribution in [2.45, 2.75) is 39.7 Å². The number of amides is 2. The van der Waals surface area contributed by atoms with Crippen LogP contribution in [0.3, 0.4) is 0 Å². The van der Waals surface area contributed by atoms with E-state index in [4.69, 9.17) is 10.5 Å². The molecule has 6 heteroatoms. The Morgan fingerprint density at radius 1 is 1.27 bits per heavy atom. The normalized spacial score (nSPS) is 10.9. The van der Waals surface area contributed by atoms with Gasteiger partial charge in [0.1, 0.15) is 5.75 Å². The number of carbonyl (C=O) groups excluding carboxylic acids is 2. The first-order valence-electron chi connectivity index (χ1n) is 7.34. The smallest absolute Gasteiger partial charge is 0.257 e. The second kappa shape index (κ2) is 7.68. The summed E-state index contributed by atoms with van der Waals surface area (Å²) < 4.78 is 5.36. The molecule has 0 aliphatic rings. The van der Waals surface area contributed by atoms with Gasteiger partial charge >= 0.3 is 0 Å². The van der Waals surface area contributed by atoms with Crippen molar-refractivity contribution in [3.05, 3.63) is 23.8 Å². The van der Waals surface area contributed by atoms with Crippen molar-refractivity contribution in [2.24, 2.45) is 0 Å². The second-order valence-electron chi connectivity index (χ2n) is 6.10. The number of hydrogen-bond acceptors (Lipinski definition) is 4. The van der Waals surface area contributed by atoms with Gasteiger partial charge in [0.05, 0.1) is 5.69 Å². The summed E-state index contributed by atoms with van der Waals surface area (Å²) in [6, 6.07) is 4.76. The van der Waals surface area contributed by atoms with Crippen LogP contribution in [0.15, 0.2) is 18.2 Å². The van der Waals surface area contributed by atoms with Crippen LogP contribution in [0.1, 0.15) is 44.5 Å². The second-order valence-corrected chi connectivity index (χ2v) is 6.10. The first-order chi connectivity index (χ1) is 10.2. The molecule has 6 nitrogen and oxygen atoms in total. The number of nitrogens with two attached hydrogens (primary N) is 1. The summed E-state index contributed by atoms with van der Waals surface area (Å²) in [7, 11) is 0. The lowest BCUT2D eigenvalue weighted by molar-refractivity contribution is -0.123. The Bertz CT molecular complexity index is 536. The third-order valence-electron chi connectivity index (χ3n) is 2.69. The SMILES string of the molecule is CCCNC(=O)COc1ccc(C(=O)NC(C)(C)C)cc1N. The Labute approximate surface area is 131 Å². The molecule has 1 aromatic rings. The molecule has 1 aromatic carbocycles. The summed E-state index contributed by atoms with van der Waals surface area (Å²) in [6.07, 6.45) is 0.867. The van der Waals surface area contributed by atoms with Gasteiger partial charge in [0.15, 0.2) is 6.61 Å². The van der Waals surface area contributed by atoms with E-state index >= 15 is 0 Å². The minimum atomic E-state index is -0.321. The zero-order chi connectivity index (χ0) is 16.8. The number of hydrogen-bond donors (Lipinski definition) is 3. The van der Waals surface area contributed by atoms with Crippen LogP contribution in [0.2, 0.25) is 0 Å². The van der Waals surface area contributed by atoms with Crippen LogP contribution in [-0.4, -0.2) is 30.5 Å². The van der Waals surface area contributed by atoms with Crippen LogP contribution in [0.5, 0.6) is 5.75 Å². The van der Waals surface area contributed by atoms with Gasteiger partial charge in [-0.05, 0) is 45.4 Å². The van der Waals surface area contributed by atoms with Gasteiger partial charge in [-0.25, -0.2) is 0 Å². The average molecular weight is 307 g/mol. The lowest BCUT2D eigenvalue weighted by Crippen LogP contribution is -2.40. The number of anilines is 1. The Hall–Kier alpha value is -2.24. The van der Waals surface area contributed by atoms with Crippen molar-refractivity contribution in [1.82, 2.24) is 10.6 Å².